The third kappa shape index (κ3) is 2.50. The van der Waals surface area contributed by atoms with Crippen molar-refractivity contribution in [2.45, 2.75) is 12.8 Å². The van der Waals surface area contributed by atoms with Gasteiger partial charge in [-0.2, -0.15) is 10.4 Å². The first-order chi connectivity index (χ1) is 12.6. The Balaban J connectivity index is 1.96. The van der Waals surface area contributed by atoms with Crippen molar-refractivity contribution in [1.29, 1.82) is 5.26 Å². The minimum atomic E-state index is -0.361. The van der Waals surface area contributed by atoms with Gasteiger partial charge < -0.3 is 10.5 Å². The molecule has 0 aliphatic carbocycles. The largest absolute Gasteiger partial charge is 0.422 e. The van der Waals surface area contributed by atoms with Crippen molar-refractivity contribution in [1.82, 2.24) is 14.8 Å². The number of aryl methyl sites for hydroxylation is 1. The minimum absolute atomic E-state index is 0.0741. The molecule has 1 unspecified atom stereocenters. The third-order valence-electron chi connectivity index (χ3n) is 4.32. The number of aromatic nitrogens is 3. The Morgan fingerprint density at radius 1 is 1.27 bits per heavy atom. The minimum Gasteiger partial charge on any atom is -0.422 e. The fourth-order valence-corrected chi connectivity index (χ4v) is 3.37. The summed E-state index contributed by atoms with van der Waals surface area (Å²) < 4.78 is 7.47. The molecule has 1 aliphatic heterocycles. The average Bonchev–Trinajstić information content (AvgIpc) is 2.97. The molecule has 7 heteroatoms. The van der Waals surface area contributed by atoms with Gasteiger partial charge in [0.2, 0.25) is 11.8 Å². The summed E-state index contributed by atoms with van der Waals surface area (Å²) in [5.74, 6) is 0.202. The molecule has 26 heavy (non-hydrogen) atoms. The van der Waals surface area contributed by atoms with E-state index in [0.717, 1.165) is 22.5 Å². The summed E-state index contributed by atoms with van der Waals surface area (Å²) in [5, 5.41) is 14.8. The predicted octanol–water partition coefficient (Wildman–Crippen LogP) is 3.45. The van der Waals surface area contributed by atoms with Crippen LogP contribution in [0, 0.1) is 18.3 Å². The van der Waals surface area contributed by atoms with Gasteiger partial charge in [0.1, 0.15) is 11.6 Å². The highest BCUT2D eigenvalue weighted by Crippen LogP contribution is 2.44. The maximum Gasteiger partial charge on any atom is 0.229 e. The van der Waals surface area contributed by atoms with Crippen LogP contribution in [0.4, 0.5) is 0 Å². The Morgan fingerprint density at radius 2 is 2.04 bits per heavy atom. The van der Waals surface area contributed by atoms with E-state index < -0.39 is 0 Å². The number of nitrogens with two attached hydrogens (primary N) is 1. The molecule has 6 nitrogen and oxygen atoms in total. The van der Waals surface area contributed by atoms with Crippen molar-refractivity contribution >= 4 is 11.6 Å². The summed E-state index contributed by atoms with van der Waals surface area (Å²) >= 11 is 6.12. The number of nitrogens with zero attached hydrogens (tertiary/aromatic N) is 4. The van der Waals surface area contributed by atoms with E-state index in [1.54, 1.807) is 29.2 Å². The first kappa shape index (κ1) is 16.2. The highest BCUT2D eigenvalue weighted by atomic mass is 35.5. The summed E-state index contributed by atoms with van der Waals surface area (Å²) in [7, 11) is 0. The summed E-state index contributed by atoms with van der Waals surface area (Å²) in [4.78, 5) is 4.05. The average molecular weight is 364 g/mol. The Labute approximate surface area is 155 Å². The van der Waals surface area contributed by atoms with Crippen LogP contribution in [0.15, 0.2) is 60.2 Å². The van der Waals surface area contributed by atoms with E-state index in [2.05, 4.69) is 16.2 Å². The zero-order chi connectivity index (χ0) is 18.3. The second-order valence-electron chi connectivity index (χ2n) is 5.90. The Bertz CT molecular complexity index is 1070. The topological polar surface area (TPSA) is 89.8 Å². The lowest BCUT2D eigenvalue weighted by Crippen LogP contribution is -2.22. The number of rotatable bonds is 2. The molecule has 4 rings (SSSR count). The van der Waals surface area contributed by atoms with Crippen molar-refractivity contribution in [2.24, 2.45) is 5.73 Å². The Kier molecular flexibility index (Phi) is 3.86. The lowest BCUT2D eigenvalue weighted by Gasteiger charge is -2.24. The van der Waals surface area contributed by atoms with E-state index >= 15 is 0 Å². The third-order valence-corrected chi connectivity index (χ3v) is 4.56. The molecule has 3 aromatic rings. The quantitative estimate of drug-likeness (QED) is 0.753. The van der Waals surface area contributed by atoms with Crippen LogP contribution in [0.5, 0.6) is 5.88 Å². The highest BCUT2D eigenvalue weighted by molar-refractivity contribution is 6.30. The van der Waals surface area contributed by atoms with Crippen molar-refractivity contribution in [2.75, 3.05) is 0 Å². The molecule has 0 fully saturated rings. The first-order valence-corrected chi connectivity index (χ1v) is 8.31. The number of benzene rings is 1. The zero-order valence-corrected chi connectivity index (χ0v) is 14.6. The SMILES string of the molecule is Cc1nn(-c2cccc(Cl)c2)c2c1C(c1ccncc1)C(C#N)=C(N)O2. The highest BCUT2D eigenvalue weighted by Gasteiger charge is 2.36. The van der Waals surface area contributed by atoms with Crippen LogP contribution in [0.3, 0.4) is 0 Å². The van der Waals surface area contributed by atoms with Crippen LogP contribution in [0.2, 0.25) is 5.02 Å². The van der Waals surface area contributed by atoms with Crippen molar-refractivity contribution in [3.8, 4) is 17.6 Å². The van der Waals surface area contributed by atoms with Crippen molar-refractivity contribution in [3.63, 3.8) is 0 Å². The molecular weight excluding hydrogens is 350 g/mol. The number of halogens is 1. The number of hydrogen-bond acceptors (Lipinski definition) is 5. The number of pyridine rings is 1. The van der Waals surface area contributed by atoms with Crippen LogP contribution in [-0.2, 0) is 0 Å². The number of hydrogen-bond donors (Lipinski definition) is 1. The molecule has 2 N–H and O–H groups in total. The predicted molar refractivity (Wildman–Crippen MR) is 96.8 cm³/mol. The molecule has 2 aromatic heterocycles. The van der Waals surface area contributed by atoms with Gasteiger partial charge in [-0.15, -0.1) is 0 Å². The number of allylic oxidation sites excluding steroid dienone is 1. The van der Waals surface area contributed by atoms with E-state index in [1.165, 1.54) is 0 Å². The van der Waals surface area contributed by atoms with Gasteiger partial charge in [-0.25, -0.2) is 4.68 Å². The maximum atomic E-state index is 9.64. The number of fused-ring (bicyclic) bond motifs is 1. The molecule has 0 saturated heterocycles. The molecular formula is C19H14ClN5O. The second kappa shape index (κ2) is 6.21. The van der Waals surface area contributed by atoms with Gasteiger partial charge in [-0.05, 0) is 42.8 Å². The van der Waals surface area contributed by atoms with E-state index in [4.69, 9.17) is 22.1 Å². The first-order valence-electron chi connectivity index (χ1n) is 7.93. The lowest BCUT2D eigenvalue weighted by atomic mass is 9.84. The van der Waals surface area contributed by atoms with Crippen LogP contribution in [-0.4, -0.2) is 14.8 Å². The smallest absolute Gasteiger partial charge is 0.229 e. The molecule has 1 aliphatic rings. The fraction of sp³-hybridized carbons (Fsp3) is 0.105. The standard InChI is InChI=1S/C19H14ClN5O/c1-11-16-17(12-5-7-23-8-6-12)15(10-21)18(22)26-19(16)25(24-11)14-4-2-3-13(20)9-14/h2-9,17H,22H2,1H3. The summed E-state index contributed by atoms with van der Waals surface area (Å²) in [6, 6.07) is 13.2. The number of ether oxygens (including phenoxy) is 1. The van der Waals surface area contributed by atoms with Crippen LogP contribution < -0.4 is 10.5 Å². The number of nitriles is 1. The van der Waals surface area contributed by atoms with E-state index in [1.807, 2.05) is 31.2 Å². The normalized spacial score (nSPS) is 16.0. The van der Waals surface area contributed by atoms with E-state index in [-0.39, 0.29) is 11.8 Å². The molecule has 0 saturated carbocycles. The lowest BCUT2D eigenvalue weighted by molar-refractivity contribution is 0.367. The van der Waals surface area contributed by atoms with Gasteiger partial charge in [0.05, 0.1) is 22.9 Å². The second-order valence-corrected chi connectivity index (χ2v) is 6.34. The molecule has 128 valence electrons. The summed E-state index contributed by atoms with van der Waals surface area (Å²) in [6.07, 6.45) is 3.37. The van der Waals surface area contributed by atoms with Gasteiger partial charge in [0.15, 0.2) is 0 Å². The zero-order valence-electron chi connectivity index (χ0n) is 13.8. The monoisotopic (exact) mass is 363 g/mol. The van der Waals surface area contributed by atoms with Gasteiger partial charge >= 0.3 is 0 Å². The molecule has 0 spiro atoms. The fourth-order valence-electron chi connectivity index (χ4n) is 3.19. The van der Waals surface area contributed by atoms with E-state index in [0.29, 0.717) is 16.5 Å². The molecule has 0 radical (unpaired) electrons. The van der Waals surface area contributed by atoms with Crippen LogP contribution >= 0.6 is 11.6 Å². The molecule has 0 bridgehead atoms. The summed E-state index contributed by atoms with van der Waals surface area (Å²) in [5.41, 5.74) is 9.64. The van der Waals surface area contributed by atoms with Crippen molar-refractivity contribution < 1.29 is 4.74 Å². The molecule has 3 heterocycles. The van der Waals surface area contributed by atoms with Gasteiger partial charge in [-0.1, -0.05) is 17.7 Å². The van der Waals surface area contributed by atoms with Gasteiger partial charge in [0.25, 0.3) is 0 Å². The Morgan fingerprint density at radius 3 is 2.73 bits per heavy atom. The van der Waals surface area contributed by atoms with Crippen LogP contribution in [0.1, 0.15) is 22.7 Å². The molecule has 0 amide bonds. The van der Waals surface area contributed by atoms with Crippen molar-refractivity contribution in [3.05, 3.63) is 82.1 Å². The van der Waals surface area contributed by atoms with Gasteiger partial charge in [-0.3, -0.25) is 4.98 Å². The Hall–Kier alpha value is -3.30. The van der Waals surface area contributed by atoms with E-state index in [9.17, 15) is 5.26 Å². The van der Waals surface area contributed by atoms with Gasteiger partial charge in [0, 0.05) is 17.4 Å². The summed E-state index contributed by atoms with van der Waals surface area (Å²) in [6.45, 7) is 1.88. The maximum absolute atomic E-state index is 9.64. The molecule has 1 aromatic carbocycles. The molecule has 1 atom stereocenters. The van der Waals surface area contributed by atoms with Crippen LogP contribution in [0.25, 0.3) is 5.69 Å².